The minimum atomic E-state index is -0.0162. The number of carbonyl (C=O) groups is 1. The standard InChI is InChI=1S/C12H16N2OS/c15-12(10-3-1-2-4-11(10)16)14-9-5-7-13-8-6-9/h1-4,9,13,16H,5-8H2,(H,14,15). The third-order valence-corrected chi connectivity index (χ3v) is 3.21. The van der Waals surface area contributed by atoms with Gasteiger partial charge in [0.25, 0.3) is 5.91 Å². The monoisotopic (exact) mass is 236 g/mol. The number of hydrogen-bond donors (Lipinski definition) is 3. The molecule has 3 nitrogen and oxygen atoms in total. The molecule has 2 rings (SSSR count). The van der Waals surface area contributed by atoms with E-state index >= 15 is 0 Å². The first-order chi connectivity index (χ1) is 7.77. The van der Waals surface area contributed by atoms with Crippen LogP contribution in [0.25, 0.3) is 0 Å². The summed E-state index contributed by atoms with van der Waals surface area (Å²) in [7, 11) is 0. The normalized spacial score (nSPS) is 17.1. The Morgan fingerprint density at radius 3 is 2.69 bits per heavy atom. The molecule has 0 saturated carbocycles. The molecule has 0 bridgehead atoms. The fourth-order valence-electron chi connectivity index (χ4n) is 1.90. The molecule has 0 aromatic heterocycles. The third kappa shape index (κ3) is 2.77. The zero-order chi connectivity index (χ0) is 11.4. The van der Waals surface area contributed by atoms with Gasteiger partial charge in [-0.1, -0.05) is 12.1 Å². The van der Waals surface area contributed by atoms with Crippen LogP contribution in [-0.4, -0.2) is 25.0 Å². The van der Waals surface area contributed by atoms with Gasteiger partial charge < -0.3 is 10.6 Å². The first kappa shape index (κ1) is 11.5. The molecule has 0 atom stereocenters. The van der Waals surface area contributed by atoms with E-state index in [0.29, 0.717) is 11.6 Å². The summed E-state index contributed by atoms with van der Waals surface area (Å²) in [5, 5.41) is 6.32. The Hall–Kier alpha value is -1.00. The average molecular weight is 236 g/mol. The van der Waals surface area contributed by atoms with Crippen molar-refractivity contribution in [2.24, 2.45) is 0 Å². The van der Waals surface area contributed by atoms with Crippen molar-refractivity contribution in [3.63, 3.8) is 0 Å². The van der Waals surface area contributed by atoms with Crippen LogP contribution in [0.2, 0.25) is 0 Å². The van der Waals surface area contributed by atoms with E-state index in [0.717, 1.165) is 30.8 Å². The fourth-order valence-corrected chi connectivity index (χ4v) is 2.16. The number of nitrogens with one attached hydrogen (secondary N) is 2. The van der Waals surface area contributed by atoms with Gasteiger partial charge in [0.2, 0.25) is 0 Å². The van der Waals surface area contributed by atoms with Crippen LogP contribution in [-0.2, 0) is 0 Å². The van der Waals surface area contributed by atoms with Crippen molar-refractivity contribution in [3.8, 4) is 0 Å². The molecule has 0 unspecified atom stereocenters. The first-order valence-corrected chi connectivity index (χ1v) is 6.01. The van der Waals surface area contributed by atoms with Gasteiger partial charge in [-0.3, -0.25) is 4.79 Å². The topological polar surface area (TPSA) is 41.1 Å². The largest absolute Gasteiger partial charge is 0.349 e. The van der Waals surface area contributed by atoms with Crippen LogP contribution in [0.15, 0.2) is 29.2 Å². The Morgan fingerprint density at radius 1 is 1.31 bits per heavy atom. The van der Waals surface area contributed by atoms with Gasteiger partial charge in [-0.25, -0.2) is 0 Å². The van der Waals surface area contributed by atoms with Crippen molar-refractivity contribution >= 4 is 18.5 Å². The van der Waals surface area contributed by atoms with Crippen molar-refractivity contribution in [1.29, 1.82) is 0 Å². The summed E-state index contributed by atoms with van der Waals surface area (Å²) < 4.78 is 0. The van der Waals surface area contributed by atoms with Gasteiger partial charge >= 0.3 is 0 Å². The van der Waals surface area contributed by atoms with Crippen molar-refractivity contribution in [3.05, 3.63) is 29.8 Å². The molecule has 1 heterocycles. The molecule has 16 heavy (non-hydrogen) atoms. The Morgan fingerprint density at radius 2 is 2.00 bits per heavy atom. The molecule has 1 fully saturated rings. The summed E-state index contributed by atoms with van der Waals surface area (Å²) in [6.45, 7) is 1.96. The van der Waals surface area contributed by atoms with Crippen LogP contribution in [0.3, 0.4) is 0 Å². The molecule has 1 amide bonds. The van der Waals surface area contributed by atoms with Gasteiger partial charge in [0, 0.05) is 10.9 Å². The molecule has 2 N–H and O–H groups in total. The zero-order valence-corrected chi connectivity index (χ0v) is 9.97. The lowest BCUT2D eigenvalue weighted by atomic mass is 10.1. The van der Waals surface area contributed by atoms with Gasteiger partial charge in [0.15, 0.2) is 0 Å². The number of thiol groups is 1. The van der Waals surface area contributed by atoms with Gasteiger partial charge in [-0.05, 0) is 38.1 Å². The third-order valence-electron chi connectivity index (χ3n) is 2.82. The second kappa shape index (κ2) is 5.37. The molecule has 0 aliphatic carbocycles. The lowest BCUT2D eigenvalue weighted by Gasteiger charge is -2.23. The van der Waals surface area contributed by atoms with Gasteiger partial charge in [0.05, 0.1) is 5.56 Å². The number of amides is 1. The maximum atomic E-state index is 12.0. The number of carbonyl (C=O) groups excluding carboxylic acids is 1. The molecule has 1 aliphatic rings. The molecule has 0 spiro atoms. The minimum absolute atomic E-state index is 0.0162. The van der Waals surface area contributed by atoms with Crippen LogP contribution >= 0.6 is 12.6 Å². The summed E-state index contributed by atoms with van der Waals surface area (Å²) in [6, 6.07) is 7.67. The van der Waals surface area contributed by atoms with Crippen LogP contribution in [0.1, 0.15) is 23.2 Å². The van der Waals surface area contributed by atoms with Crippen molar-refractivity contribution < 1.29 is 4.79 Å². The molecule has 4 heteroatoms. The first-order valence-electron chi connectivity index (χ1n) is 5.57. The summed E-state index contributed by atoms with van der Waals surface area (Å²) in [6.07, 6.45) is 2.00. The van der Waals surface area contributed by atoms with Gasteiger partial charge in [-0.2, -0.15) is 0 Å². The number of benzene rings is 1. The van der Waals surface area contributed by atoms with Crippen molar-refractivity contribution in [1.82, 2.24) is 10.6 Å². The quantitative estimate of drug-likeness (QED) is 0.680. The highest BCUT2D eigenvalue weighted by Gasteiger charge is 2.17. The molecule has 1 saturated heterocycles. The van der Waals surface area contributed by atoms with E-state index in [2.05, 4.69) is 23.3 Å². The molecular formula is C12H16N2OS. The van der Waals surface area contributed by atoms with Gasteiger partial charge in [0.1, 0.15) is 0 Å². The summed E-state index contributed by atoms with van der Waals surface area (Å²) in [4.78, 5) is 12.7. The van der Waals surface area contributed by atoms with E-state index in [4.69, 9.17) is 0 Å². The SMILES string of the molecule is O=C(NC1CCNCC1)c1ccccc1S. The zero-order valence-electron chi connectivity index (χ0n) is 9.07. The highest BCUT2D eigenvalue weighted by Crippen LogP contribution is 2.13. The van der Waals surface area contributed by atoms with Crippen LogP contribution in [0.4, 0.5) is 0 Å². The Labute approximate surface area is 101 Å². The Balaban J connectivity index is 2.00. The Kier molecular flexibility index (Phi) is 3.85. The number of rotatable bonds is 2. The maximum absolute atomic E-state index is 12.0. The maximum Gasteiger partial charge on any atom is 0.252 e. The molecule has 1 aliphatic heterocycles. The fraction of sp³-hybridized carbons (Fsp3) is 0.417. The second-order valence-electron chi connectivity index (χ2n) is 4.01. The van der Waals surface area contributed by atoms with E-state index in [1.54, 1.807) is 6.07 Å². The van der Waals surface area contributed by atoms with Crippen molar-refractivity contribution in [2.75, 3.05) is 13.1 Å². The van der Waals surface area contributed by atoms with Crippen LogP contribution in [0.5, 0.6) is 0 Å². The summed E-state index contributed by atoms with van der Waals surface area (Å²) in [5.41, 5.74) is 0.657. The summed E-state index contributed by atoms with van der Waals surface area (Å²) >= 11 is 4.28. The number of hydrogen-bond acceptors (Lipinski definition) is 3. The van der Waals surface area contributed by atoms with E-state index in [-0.39, 0.29) is 5.91 Å². The second-order valence-corrected chi connectivity index (χ2v) is 4.50. The average Bonchev–Trinajstić information content (AvgIpc) is 2.31. The van der Waals surface area contributed by atoms with Gasteiger partial charge in [-0.15, -0.1) is 12.6 Å². The Bertz CT molecular complexity index is 375. The lowest BCUT2D eigenvalue weighted by molar-refractivity contribution is 0.0926. The smallest absolute Gasteiger partial charge is 0.252 e. The minimum Gasteiger partial charge on any atom is -0.349 e. The number of piperidine rings is 1. The molecule has 0 radical (unpaired) electrons. The predicted molar refractivity (Wildman–Crippen MR) is 67.1 cm³/mol. The molecule has 86 valence electrons. The summed E-state index contributed by atoms with van der Waals surface area (Å²) in [5.74, 6) is -0.0162. The highest BCUT2D eigenvalue weighted by atomic mass is 32.1. The highest BCUT2D eigenvalue weighted by molar-refractivity contribution is 7.80. The van der Waals surface area contributed by atoms with E-state index in [9.17, 15) is 4.79 Å². The van der Waals surface area contributed by atoms with Crippen molar-refractivity contribution in [2.45, 2.75) is 23.8 Å². The molecule has 1 aromatic rings. The van der Waals surface area contributed by atoms with Crippen LogP contribution < -0.4 is 10.6 Å². The lowest BCUT2D eigenvalue weighted by Crippen LogP contribution is -2.42. The van der Waals surface area contributed by atoms with E-state index in [1.807, 2.05) is 18.2 Å². The van der Waals surface area contributed by atoms with E-state index in [1.165, 1.54) is 0 Å². The van der Waals surface area contributed by atoms with E-state index < -0.39 is 0 Å². The molecule has 1 aromatic carbocycles. The van der Waals surface area contributed by atoms with Crippen LogP contribution in [0, 0.1) is 0 Å². The predicted octanol–water partition coefficient (Wildman–Crippen LogP) is 1.46. The molecular weight excluding hydrogens is 220 g/mol.